The number of alkyl halides is 3. The van der Waals surface area contributed by atoms with E-state index in [0.29, 0.717) is 34.0 Å². The number of hydrogen-bond acceptors (Lipinski definition) is 7. The summed E-state index contributed by atoms with van der Waals surface area (Å²) in [5.41, 5.74) is 0.480. The summed E-state index contributed by atoms with van der Waals surface area (Å²) >= 11 is 0. The van der Waals surface area contributed by atoms with Crippen LogP contribution < -0.4 is 10.3 Å². The third-order valence-corrected chi connectivity index (χ3v) is 7.05. The Morgan fingerprint density at radius 2 is 1.92 bits per heavy atom. The molecule has 0 radical (unpaired) electrons. The fraction of sp³-hybridized carbons (Fsp3) is 0.292. The van der Waals surface area contributed by atoms with Crippen LogP contribution in [0.5, 0.6) is 5.75 Å². The predicted molar refractivity (Wildman–Crippen MR) is 128 cm³/mol. The van der Waals surface area contributed by atoms with Gasteiger partial charge in [0, 0.05) is 23.4 Å². The van der Waals surface area contributed by atoms with Gasteiger partial charge in [-0.3, -0.25) is 14.3 Å². The van der Waals surface area contributed by atoms with Crippen LogP contribution in [0.25, 0.3) is 22.0 Å². The molecular formula is C24H22F3N3O6S. The Kier molecular flexibility index (Phi) is 6.86. The van der Waals surface area contributed by atoms with Crippen LogP contribution in [0.1, 0.15) is 34.4 Å². The van der Waals surface area contributed by atoms with E-state index in [-0.39, 0.29) is 17.4 Å². The quantitative estimate of drug-likeness (QED) is 0.339. The fourth-order valence-electron chi connectivity index (χ4n) is 4.29. The predicted octanol–water partition coefficient (Wildman–Crippen LogP) is 4.61. The van der Waals surface area contributed by atoms with Gasteiger partial charge in [0.1, 0.15) is 16.8 Å². The van der Waals surface area contributed by atoms with Crippen LogP contribution in [-0.2, 0) is 16.7 Å². The highest BCUT2D eigenvalue weighted by Crippen LogP contribution is 2.39. The minimum Gasteiger partial charge on any atom is -0.496 e. The lowest BCUT2D eigenvalue weighted by Gasteiger charge is -2.20. The first kappa shape index (κ1) is 26.4. The molecule has 0 aliphatic heterocycles. The van der Waals surface area contributed by atoms with E-state index in [1.807, 2.05) is 0 Å². The van der Waals surface area contributed by atoms with E-state index >= 15 is 0 Å². The summed E-state index contributed by atoms with van der Waals surface area (Å²) in [5, 5.41) is 1.63. The van der Waals surface area contributed by atoms with Gasteiger partial charge in [0.05, 0.1) is 42.5 Å². The number of methoxy groups -OCH3 is 1. The highest BCUT2D eigenvalue weighted by atomic mass is 32.2. The number of fused-ring (bicyclic) bond motifs is 1. The molecule has 0 amide bonds. The van der Waals surface area contributed by atoms with E-state index in [0.717, 1.165) is 10.6 Å². The van der Waals surface area contributed by atoms with E-state index < -0.39 is 39.1 Å². The average molecular weight is 538 g/mol. The molecule has 4 rings (SSSR count). The number of aromatic nitrogens is 3. The molecule has 13 heteroatoms. The topological polar surface area (TPSA) is 125 Å². The molecule has 0 saturated carbocycles. The Morgan fingerprint density at radius 3 is 2.46 bits per heavy atom. The molecular weight excluding hydrogens is 515 g/mol. The summed E-state index contributed by atoms with van der Waals surface area (Å²) in [4.78, 5) is 17.7. The molecule has 1 aromatic carbocycles. The number of benzene rings is 1. The third-order valence-electron chi connectivity index (χ3n) is 5.91. The average Bonchev–Trinajstić information content (AvgIpc) is 3.15. The molecule has 0 fully saturated rings. The minimum atomic E-state index is -5.31. The van der Waals surface area contributed by atoms with Gasteiger partial charge in [-0.1, -0.05) is 11.2 Å². The number of nitrogens with zero attached hydrogens (tertiary/aromatic N) is 3. The Hall–Kier alpha value is -3.71. The van der Waals surface area contributed by atoms with Crippen LogP contribution in [0.4, 0.5) is 13.2 Å². The van der Waals surface area contributed by atoms with Gasteiger partial charge < -0.3 is 13.8 Å². The van der Waals surface area contributed by atoms with Crippen molar-refractivity contribution in [3.63, 3.8) is 0 Å². The molecule has 1 unspecified atom stereocenters. The molecule has 0 aliphatic rings. The second kappa shape index (κ2) is 9.63. The van der Waals surface area contributed by atoms with Crippen LogP contribution in [0, 0.1) is 13.8 Å². The van der Waals surface area contributed by atoms with Crippen LogP contribution >= 0.6 is 0 Å². The Bertz CT molecular complexity index is 1610. The van der Waals surface area contributed by atoms with Crippen molar-refractivity contribution >= 4 is 21.0 Å². The van der Waals surface area contributed by atoms with Crippen molar-refractivity contribution < 1.29 is 35.4 Å². The van der Waals surface area contributed by atoms with Crippen molar-refractivity contribution in [3.8, 4) is 16.9 Å². The van der Waals surface area contributed by atoms with Gasteiger partial charge in [0.25, 0.3) is 15.7 Å². The summed E-state index contributed by atoms with van der Waals surface area (Å²) in [6.45, 7) is 3.19. The fourth-order valence-corrected chi connectivity index (χ4v) is 5.18. The van der Waals surface area contributed by atoms with Crippen LogP contribution in [0.3, 0.4) is 0 Å². The van der Waals surface area contributed by atoms with Gasteiger partial charge in [0.2, 0.25) is 0 Å². The highest BCUT2D eigenvalue weighted by molar-refractivity contribution is 7.86. The number of halogens is 3. The van der Waals surface area contributed by atoms with E-state index in [1.54, 1.807) is 38.1 Å². The van der Waals surface area contributed by atoms with Crippen molar-refractivity contribution in [3.05, 3.63) is 75.7 Å². The minimum absolute atomic E-state index is 0.179. The second-order valence-corrected chi connectivity index (χ2v) is 10.0. The van der Waals surface area contributed by atoms with Crippen molar-refractivity contribution in [1.29, 1.82) is 0 Å². The van der Waals surface area contributed by atoms with Gasteiger partial charge in [0.15, 0.2) is 0 Å². The number of rotatable bonds is 7. The molecule has 1 N–H and O–H groups in total. The van der Waals surface area contributed by atoms with Crippen LogP contribution in [0.15, 0.2) is 51.9 Å². The molecule has 9 nitrogen and oxygen atoms in total. The van der Waals surface area contributed by atoms with E-state index in [4.69, 9.17) is 9.26 Å². The Morgan fingerprint density at radius 1 is 1.19 bits per heavy atom. The van der Waals surface area contributed by atoms with Gasteiger partial charge in [-0.15, -0.1) is 0 Å². The maximum atomic E-state index is 13.5. The first-order chi connectivity index (χ1) is 17.3. The maximum absolute atomic E-state index is 13.5. The summed E-state index contributed by atoms with van der Waals surface area (Å²) < 4.78 is 85.7. The number of ether oxygens (including phenoxy) is 1. The highest BCUT2D eigenvalue weighted by Gasteiger charge is 2.40. The Balaban J connectivity index is 2.08. The summed E-state index contributed by atoms with van der Waals surface area (Å²) in [6.07, 6.45) is -5.44. The largest absolute Gasteiger partial charge is 0.496 e. The molecule has 0 saturated heterocycles. The molecule has 0 aliphatic carbocycles. The summed E-state index contributed by atoms with van der Waals surface area (Å²) in [7, 11) is -3.90. The van der Waals surface area contributed by atoms with E-state index in [1.165, 1.54) is 19.4 Å². The molecule has 0 spiro atoms. The molecule has 1 atom stereocenters. The van der Waals surface area contributed by atoms with Gasteiger partial charge in [-0.2, -0.15) is 21.6 Å². The lowest BCUT2D eigenvalue weighted by Crippen LogP contribution is -2.31. The van der Waals surface area contributed by atoms with Gasteiger partial charge in [-0.25, -0.2) is 0 Å². The monoisotopic (exact) mass is 537 g/mol. The molecule has 3 heterocycles. The van der Waals surface area contributed by atoms with Crippen LogP contribution in [-0.4, -0.2) is 41.0 Å². The van der Waals surface area contributed by atoms with E-state index in [2.05, 4.69) is 10.1 Å². The summed E-state index contributed by atoms with van der Waals surface area (Å²) in [5.74, 6) is 0.774. The second-order valence-electron chi connectivity index (χ2n) is 8.45. The lowest BCUT2D eigenvalue weighted by molar-refractivity contribution is -0.135. The molecule has 0 bridgehead atoms. The zero-order chi connectivity index (χ0) is 27.1. The van der Waals surface area contributed by atoms with Crippen molar-refractivity contribution in [2.75, 3.05) is 7.11 Å². The summed E-state index contributed by atoms with van der Waals surface area (Å²) in [6, 6.07) is 9.05. The SMILES string of the molecule is COc1cc2c(cc1-c1c(C)noc1C)cc(C(CC(F)(F)F)S(=O)(=O)O)c(=O)n2Cc1ccccn1. The normalized spacial score (nSPS) is 13.2. The standard InChI is InChI=1S/C24H22F3N3O6S/c1-13-22(14(2)36-29-13)17-8-15-9-18(21(37(32,33)34)11-24(25,26)27)23(31)30(19(15)10-20(17)35-3)12-16-6-4-5-7-28-16/h4-10,21H,11-12H2,1-3H3,(H,32,33,34). The zero-order valence-electron chi connectivity index (χ0n) is 19.9. The molecule has 37 heavy (non-hydrogen) atoms. The first-order valence-corrected chi connectivity index (χ1v) is 12.4. The lowest BCUT2D eigenvalue weighted by atomic mass is 9.98. The van der Waals surface area contributed by atoms with Crippen molar-refractivity contribution in [1.82, 2.24) is 14.7 Å². The zero-order valence-corrected chi connectivity index (χ0v) is 20.7. The third kappa shape index (κ3) is 5.37. The molecule has 196 valence electrons. The maximum Gasteiger partial charge on any atom is 0.390 e. The van der Waals surface area contributed by atoms with Crippen molar-refractivity contribution in [2.24, 2.45) is 0 Å². The van der Waals surface area contributed by atoms with E-state index in [9.17, 15) is 30.9 Å². The smallest absolute Gasteiger partial charge is 0.390 e. The molecule has 3 aromatic heterocycles. The number of aryl methyl sites for hydroxylation is 2. The molecule has 4 aromatic rings. The Labute approximate surface area is 209 Å². The van der Waals surface area contributed by atoms with Gasteiger partial charge >= 0.3 is 6.18 Å². The van der Waals surface area contributed by atoms with Gasteiger partial charge in [-0.05, 0) is 43.5 Å². The van der Waals surface area contributed by atoms with Crippen molar-refractivity contribution in [2.45, 2.75) is 38.2 Å². The number of pyridine rings is 2. The van der Waals surface area contributed by atoms with Crippen LogP contribution in [0.2, 0.25) is 0 Å². The first-order valence-electron chi connectivity index (χ1n) is 10.9. The number of hydrogen-bond donors (Lipinski definition) is 1.